The number of amides is 3. The van der Waals surface area contributed by atoms with Crippen LogP contribution in [0.2, 0.25) is 0 Å². The molecule has 11 nitrogen and oxygen atoms in total. The second-order valence-corrected chi connectivity index (χ2v) is 6.43. The Morgan fingerprint density at radius 3 is 1.96 bits per heavy atom. The monoisotopic (exact) mass is 389 g/mol. The standard InChI is InChI=1S/C16H31N5O6/c1-8(18)13(23)19-9(2)14(24)21-12(10(3)22)15(25)20-11(16(26)27)6-4-5-7-17/h8-12,22H,4-7,17-18H2,1-3H3,(H,19,23)(H,20,25)(H,21,24)(H,26,27). The highest BCUT2D eigenvalue weighted by molar-refractivity contribution is 5.94. The highest BCUT2D eigenvalue weighted by Crippen LogP contribution is 2.03. The van der Waals surface area contributed by atoms with Gasteiger partial charge in [-0.25, -0.2) is 4.79 Å². The lowest BCUT2D eigenvalue weighted by molar-refractivity contribution is -0.143. The first-order valence-corrected chi connectivity index (χ1v) is 8.78. The Kier molecular flexibility index (Phi) is 11.2. The van der Waals surface area contributed by atoms with Crippen LogP contribution in [0.15, 0.2) is 0 Å². The SMILES string of the molecule is CC(N)C(=O)NC(C)C(=O)NC(C(=O)NC(CCCCN)C(=O)O)C(C)O. The number of nitrogens with two attached hydrogens (primary N) is 2. The largest absolute Gasteiger partial charge is 0.480 e. The average molecular weight is 389 g/mol. The molecule has 156 valence electrons. The van der Waals surface area contributed by atoms with Crippen molar-refractivity contribution in [3.8, 4) is 0 Å². The summed E-state index contributed by atoms with van der Waals surface area (Å²) in [6.07, 6.45) is -0.0180. The molecule has 27 heavy (non-hydrogen) atoms. The molecule has 0 bridgehead atoms. The first kappa shape index (κ1) is 24.8. The highest BCUT2D eigenvalue weighted by Gasteiger charge is 2.31. The predicted molar refractivity (Wildman–Crippen MR) is 97.3 cm³/mol. The molecule has 0 aliphatic heterocycles. The third-order valence-corrected chi connectivity index (χ3v) is 3.79. The highest BCUT2D eigenvalue weighted by atomic mass is 16.4. The van der Waals surface area contributed by atoms with E-state index < -0.39 is 54.0 Å². The van der Waals surface area contributed by atoms with Gasteiger partial charge in [0.2, 0.25) is 17.7 Å². The van der Waals surface area contributed by atoms with Gasteiger partial charge in [0.15, 0.2) is 0 Å². The summed E-state index contributed by atoms with van der Waals surface area (Å²) in [6, 6.07) is -4.38. The lowest BCUT2D eigenvalue weighted by atomic mass is 10.1. The van der Waals surface area contributed by atoms with Crippen LogP contribution in [0.3, 0.4) is 0 Å². The van der Waals surface area contributed by atoms with Crippen LogP contribution in [-0.2, 0) is 19.2 Å². The Hall–Kier alpha value is -2.24. The number of carboxylic acids is 1. The van der Waals surface area contributed by atoms with Crippen molar-refractivity contribution in [1.82, 2.24) is 16.0 Å². The van der Waals surface area contributed by atoms with Crippen LogP contribution in [-0.4, -0.2) is 70.7 Å². The third-order valence-electron chi connectivity index (χ3n) is 3.79. The molecule has 0 rings (SSSR count). The average Bonchev–Trinajstić information content (AvgIpc) is 2.57. The van der Waals surface area contributed by atoms with E-state index in [0.717, 1.165) is 0 Å². The molecular weight excluding hydrogens is 358 g/mol. The van der Waals surface area contributed by atoms with Crippen LogP contribution < -0.4 is 27.4 Å². The third kappa shape index (κ3) is 9.31. The molecule has 0 saturated heterocycles. The summed E-state index contributed by atoms with van der Waals surface area (Å²) in [5.74, 6) is -3.35. The molecule has 0 heterocycles. The van der Waals surface area contributed by atoms with E-state index >= 15 is 0 Å². The Balaban J connectivity index is 4.93. The number of aliphatic hydroxyl groups is 1. The van der Waals surface area contributed by atoms with Crippen LogP contribution in [0.1, 0.15) is 40.0 Å². The number of unbranched alkanes of at least 4 members (excludes halogenated alkanes) is 1. The van der Waals surface area contributed by atoms with Crippen molar-refractivity contribution < 1.29 is 29.4 Å². The van der Waals surface area contributed by atoms with Gasteiger partial charge in [-0.2, -0.15) is 0 Å². The fourth-order valence-corrected chi connectivity index (χ4v) is 2.11. The summed E-state index contributed by atoms with van der Waals surface area (Å²) in [6.45, 7) is 4.51. The van der Waals surface area contributed by atoms with Gasteiger partial charge >= 0.3 is 5.97 Å². The van der Waals surface area contributed by atoms with Crippen molar-refractivity contribution in [1.29, 1.82) is 0 Å². The molecule has 0 aliphatic carbocycles. The molecule has 0 aliphatic rings. The van der Waals surface area contributed by atoms with Crippen molar-refractivity contribution in [2.75, 3.05) is 6.54 Å². The summed E-state index contributed by atoms with van der Waals surface area (Å²) in [7, 11) is 0. The first-order valence-electron chi connectivity index (χ1n) is 8.78. The number of carbonyl (C=O) groups excluding carboxylic acids is 3. The maximum Gasteiger partial charge on any atom is 0.326 e. The number of aliphatic carboxylic acids is 1. The summed E-state index contributed by atoms with van der Waals surface area (Å²) < 4.78 is 0. The van der Waals surface area contributed by atoms with Gasteiger partial charge in [-0.3, -0.25) is 14.4 Å². The maximum absolute atomic E-state index is 12.3. The van der Waals surface area contributed by atoms with Crippen LogP contribution in [0, 0.1) is 0 Å². The van der Waals surface area contributed by atoms with E-state index in [9.17, 15) is 29.4 Å². The number of nitrogens with one attached hydrogen (secondary N) is 3. The number of aliphatic hydroxyl groups excluding tert-OH is 1. The van der Waals surface area contributed by atoms with Crippen LogP contribution in [0.5, 0.6) is 0 Å². The van der Waals surface area contributed by atoms with Crippen molar-refractivity contribution in [2.24, 2.45) is 11.5 Å². The number of rotatable bonds is 12. The Morgan fingerprint density at radius 1 is 0.926 bits per heavy atom. The lowest BCUT2D eigenvalue weighted by Crippen LogP contribution is -2.59. The van der Waals surface area contributed by atoms with E-state index in [1.54, 1.807) is 0 Å². The minimum absolute atomic E-state index is 0.166. The van der Waals surface area contributed by atoms with Crippen LogP contribution in [0.4, 0.5) is 0 Å². The fourth-order valence-electron chi connectivity index (χ4n) is 2.11. The number of carboxylic acid groups (broad SMARTS) is 1. The summed E-state index contributed by atoms with van der Waals surface area (Å²) in [4.78, 5) is 47.3. The molecule has 0 aromatic carbocycles. The molecule has 0 fully saturated rings. The van der Waals surface area contributed by atoms with Crippen molar-refractivity contribution in [2.45, 2.75) is 70.3 Å². The Morgan fingerprint density at radius 2 is 1.52 bits per heavy atom. The van der Waals surface area contributed by atoms with Gasteiger partial charge in [-0.1, -0.05) is 0 Å². The quantitative estimate of drug-likeness (QED) is 0.176. The molecule has 5 unspecified atom stereocenters. The molecule has 11 heteroatoms. The van der Waals surface area contributed by atoms with Gasteiger partial charge in [-0.05, 0) is 46.6 Å². The molecule has 3 amide bonds. The molecule has 0 spiro atoms. The number of carbonyl (C=O) groups is 4. The van der Waals surface area contributed by atoms with Gasteiger partial charge in [-0.15, -0.1) is 0 Å². The van der Waals surface area contributed by atoms with Crippen molar-refractivity contribution in [3.05, 3.63) is 0 Å². The summed E-state index contributed by atoms with van der Waals surface area (Å²) in [5.41, 5.74) is 10.8. The first-order chi connectivity index (χ1) is 12.5. The van der Waals surface area contributed by atoms with Crippen LogP contribution >= 0.6 is 0 Å². The second-order valence-electron chi connectivity index (χ2n) is 6.43. The van der Waals surface area contributed by atoms with E-state index in [1.807, 2.05) is 0 Å². The van der Waals surface area contributed by atoms with E-state index in [0.29, 0.717) is 19.4 Å². The van der Waals surface area contributed by atoms with E-state index in [-0.39, 0.29) is 6.42 Å². The lowest BCUT2D eigenvalue weighted by Gasteiger charge is -2.25. The van der Waals surface area contributed by atoms with Gasteiger partial charge < -0.3 is 37.6 Å². The second kappa shape index (κ2) is 12.2. The van der Waals surface area contributed by atoms with Gasteiger partial charge in [0, 0.05) is 0 Å². The van der Waals surface area contributed by atoms with E-state index in [2.05, 4.69) is 16.0 Å². The minimum atomic E-state index is -1.39. The number of hydrogen-bond acceptors (Lipinski definition) is 7. The number of hydrogen-bond donors (Lipinski definition) is 7. The molecule has 0 saturated carbocycles. The zero-order chi connectivity index (χ0) is 21.1. The van der Waals surface area contributed by atoms with Gasteiger partial charge in [0.05, 0.1) is 12.1 Å². The van der Waals surface area contributed by atoms with Crippen molar-refractivity contribution >= 4 is 23.7 Å². The Bertz CT molecular complexity index is 525. The molecule has 9 N–H and O–H groups in total. The van der Waals surface area contributed by atoms with E-state index in [1.165, 1.54) is 20.8 Å². The molecule has 0 aromatic rings. The minimum Gasteiger partial charge on any atom is -0.480 e. The zero-order valence-electron chi connectivity index (χ0n) is 15.9. The van der Waals surface area contributed by atoms with Crippen molar-refractivity contribution in [3.63, 3.8) is 0 Å². The maximum atomic E-state index is 12.3. The predicted octanol–water partition coefficient (Wildman–Crippen LogP) is -2.60. The Labute approximate surface area is 158 Å². The zero-order valence-corrected chi connectivity index (χ0v) is 15.9. The topological polar surface area (TPSA) is 197 Å². The summed E-state index contributed by atoms with van der Waals surface area (Å²) in [5, 5.41) is 26.0. The van der Waals surface area contributed by atoms with Gasteiger partial charge in [0.1, 0.15) is 18.1 Å². The normalized spacial score (nSPS) is 16.4. The molecule has 5 atom stereocenters. The molecular formula is C16H31N5O6. The molecule has 0 radical (unpaired) electrons. The molecule has 0 aromatic heterocycles. The van der Waals surface area contributed by atoms with Crippen LogP contribution in [0.25, 0.3) is 0 Å². The van der Waals surface area contributed by atoms with Gasteiger partial charge in [0.25, 0.3) is 0 Å². The summed E-state index contributed by atoms with van der Waals surface area (Å²) >= 11 is 0. The smallest absolute Gasteiger partial charge is 0.326 e. The van der Waals surface area contributed by atoms with E-state index in [4.69, 9.17) is 11.5 Å². The fraction of sp³-hybridized carbons (Fsp3) is 0.750.